The Morgan fingerprint density at radius 1 is 1.35 bits per heavy atom. The van der Waals surface area contributed by atoms with E-state index in [-0.39, 0.29) is 0 Å². The Kier molecular flexibility index (Phi) is 3.54. The third-order valence-electron chi connectivity index (χ3n) is 3.18. The molecule has 0 aliphatic heterocycles. The van der Waals surface area contributed by atoms with E-state index in [1.54, 1.807) is 6.20 Å². The highest BCUT2D eigenvalue weighted by Gasteiger charge is 2.27. The summed E-state index contributed by atoms with van der Waals surface area (Å²) in [7, 11) is 0. The zero-order valence-electron chi connectivity index (χ0n) is 11.8. The summed E-state index contributed by atoms with van der Waals surface area (Å²) in [4.78, 5) is 9.02. The zero-order chi connectivity index (χ0) is 13.9. The van der Waals surface area contributed by atoms with E-state index in [9.17, 15) is 0 Å². The number of hydrogen-bond acceptors (Lipinski definition) is 5. The lowest BCUT2D eigenvalue weighted by molar-refractivity contribution is 0.458. The van der Waals surface area contributed by atoms with Crippen LogP contribution in [0, 0.1) is 0 Å². The summed E-state index contributed by atoms with van der Waals surface area (Å²) >= 11 is 0. The quantitative estimate of drug-likeness (QED) is 0.876. The summed E-state index contributed by atoms with van der Waals surface area (Å²) in [5, 5.41) is 7.41. The van der Waals surface area contributed by atoms with Gasteiger partial charge >= 0.3 is 0 Å². The fourth-order valence-electron chi connectivity index (χ4n) is 1.98. The number of ether oxygens (including phenoxy) is 1. The van der Waals surface area contributed by atoms with Gasteiger partial charge in [0.1, 0.15) is 11.6 Å². The molecule has 1 aliphatic carbocycles. The Morgan fingerprint density at radius 3 is 2.85 bits per heavy atom. The molecule has 0 atom stereocenters. The fraction of sp³-hybridized carbons (Fsp3) is 0.500. The molecule has 0 amide bonds. The molecule has 1 saturated carbocycles. The van der Waals surface area contributed by atoms with Gasteiger partial charge in [-0.15, -0.1) is 0 Å². The first-order chi connectivity index (χ1) is 9.78. The van der Waals surface area contributed by atoms with Crippen LogP contribution >= 0.6 is 0 Å². The van der Waals surface area contributed by atoms with Crippen LogP contribution in [0.1, 0.15) is 38.4 Å². The molecule has 2 aromatic rings. The van der Waals surface area contributed by atoms with Gasteiger partial charge in [0.05, 0.1) is 12.4 Å². The number of hydrogen-bond donors (Lipinski definition) is 1. The van der Waals surface area contributed by atoms with E-state index in [0.717, 1.165) is 24.7 Å². The molecule has 106 valence electrons. The Balaban J connectivity index is 1.83. The van der Waals surface area contributed by atoms with Crippen molar-refractivity contribution in [2.45, 2.75) is 39.2 Å². The van der Waals surface area contributed by atoms with Crippen molar-refractivity contribution in [3.8, 4) is 11.6 Å². The monoisotopic (exact) mass is 273 g/mol. The third-order valence-corrected chi connectivity index (χ3v) is 3.18. The van der Waals surface area contributed by atoms with E-state index < -0.39 is 0 Å². The molecule has 0 unspecified atom stereocenters. The van der Waals surface area contributed by atoms with E-state index in [0.29, 0.717) is 17.5 Å². The van der Waals surface area contributed by atoms with Crippen molar-refractivity contribution in [1.29, 1.82) is 0 Å². The average Bonchev–Trinajstić information content (AvgIpc) is 3.20. The van der Waals surface area contributed by atoms with Gasteiger partial charge in [-0.1, -0.05) is 0 Å². The van der Waals surface area contributed by atoms with Gasteiger partial charge < -0.3 is 10.1 Å². The van der Waals surface area contributed by atoms with Crippen molar-refractivity contribution in [2.24, 2.45) is 0 Å². The van der Waals surface area contributed by atoms with Crippen LogP contribution in [0.15, 0.2) is 18.5 Å². The van der Waals surface area contributed by atoms with E-state index in [1.807, 2.05) is 30.8 Å². The average molecular weight is 273 g/mol. The highest BCUT2D eigenvalue weighted by molar-refractivity contribution is 5.40. The predicted molar refractivity (Wildman–Crippen MR) is 76.1 cm³/mol. The molecule has 1 fully saturated rings. The molecule has 0 spiro atoms. The second kappa shape index (κ2) is 5.48. The normalized spacial score (nSPS) is 14.3. The summed E-state index contributed by atoms with van der Waals surface area (Å²) in [5.74, 6) is 3.47. The van der Waals surface area contributed by atoms with Crippen molar-refractivity contribution in [3.05, 3.63) is 24.3 Å². The first-order valence-corrected chi connectivity index (χ1v) is 7.11. The Bertz CT molecular complexity index is 591. The van der Waals surface area contributed by atoms with Crippen molar-refractivity contribution < 1.29 is 4.74 Å². The molecular weight excluding hydrogens is 254 g/mol. The molecule has 0 radical (unpaired) electrons. The van der Waals surface area contributed by atoms with Crippen LogP contribution in [0.5, 0.6) is 11.6 Å². The summed E-state index contributed by atoms with van der Waals surface area (Å²) < 4.78 is 7.61. The van der Waals surface area contributed by atoms with Crippen molar-refractivity contribution in [3.63, 3.8) is 0 Å². The van der Waals surface area contributed by atoms with Gasteiger partial charge in [-0.2, -0.15) is 10.1 Å². The predicted octanol–water partition coefficient (Wildman–Crippen LogP) is 2.79. The lowest BCUT2D eigenvalue weighted by Gasteiger charge is -2.08. The standard InChI is InChI=1S/C14H19N5O/c1-3-15-12-7-13(18-14(17-12)10-5-6-10)20-11-8-16-19(4-2)9-11/h7-10H,3-6H2,1-2H3,(H,15,17,18). The van der Waals surface area contributed by atoms with Crippen LogP contribution in [0.4, 0.5) is 5.82 Å². The van der Waals surface area contributed by atoms with E-state index in [2.05, 4.69) is 20.4 Å². The fourth-order valence-corrected chi connectivity index (χ4v) is 1.98. The van der Waals surface area contributed by atoms with Gasteiger partial charge in [0.25, 0.3) is 0 Å². The van der Waals surface area contributed by atoms with Gasteiger partial charge in [0.15, 0.2) is 5.75 Å². The number of rotatable bonds is 6. The highest BCUT2D eigenvalue weighted by atomic mass is 16.5. The first-order valence-electron chi connectivity index (χ1n) is 7.11. The van der Waals surface area contributed by atoms with Crippen LogP contribution in [0.25, 0.3) is 0 Å². The van der Waals surface area contributed by atoms with Gasteiger partial charge in [-0.25, -0.2) is 4.98 Å². The molecule has 3 rings (SSSR count). The summed E-state index contributed by atoms with van der Waals surface area (Å²) in [6, 6.07) is 1.83. The topological polar surface area (TPSA) is 64.9 Å². The second-order valence-corrected chi connectivity index (χ2v) is 4.89. The maximum Gasteiger partial charge on any atom is 0.224 e. The molecule has 0 bridgehead atoms. The lowest BCUT2D eigenvalue weighted by Crippen LogP contribution is -2.04. The first kappa shape index (κ1) is 12.9. The zero-order valence-corrected chi connectivity index (χ0v) is 11.8. The Morgan fingerprint density at radius 2 is 2.20 bits per heavy atom. The van der Waals surface area contributed by atoms with Crippen LogP contribution in [-0.2, 0) is 6.54 Å². The number of nitrogens with zero attached hydrogens (tertiary/aromatic N) is 4. The van der Waals surface area contributed by atoms with E-state index in [1.165, 1.54) is 12.8 Å². The van der Waals surface area contributed by atoms with E-state index >= 15 is 0 Å². The lowest BCUT2D eigenvalue weighted by atomic mass is 10.4. The summed E-state index contributed by atoms with van der Waals surface area (Å²) in [6.45, 7) is 5.73. The maximum absolute atomic E-state index is 5.79. The number of aromatic nitrogens is 4. The van der Waals surface area contributed by atoms with Crippen molar-refractivity contribution in [1.82, 2.24) is 19.7 Å². The van der Waals surface area contributed by atoms with Gasteiger partial charge in [-0.3, -0.25) is 4.68 Å². The number of anilines is 1. The smallest absolute Gasteiger partial charge is 0.224 e. The summed E-state index contributed by atoms with van der Waals surface area (Å²) in [5.41, 5.74) is 0. The Labute approximate surface area is 118 Å². The van der Waals surface area contributed by atoms with Crippen LogP contribution < -0.4 is 10.1 Å². The molecule has 2 aromatic heterocycles. The maximum atomic E-state index is 5.79. The van der Waals surface area contributed by atoms with E-state index in [4.69, 9.17) is 4.74 Å². The van der Waals surface area contributed by atoms with Gasteiger partial charge in [-0.05, 0) is 26.7 Å². The SMILES string of the molecule is CCNc1cc(Oc2cnn(CC)c2)nc(C2CC2)n1. The number of aryl methyl sites for hydroxylation is 1. The van der Waals surface area contributed by atoms with Crippen molar-refractivity contribution >= 4 is 5.82 Å². The molecule has 1 N–H and O–H groups in total. The minimum atomic E-state index is 0.495. The molecule has 2 heterocycles. The number of nitrogens with one attached hydrogen (secondary N) is 1. The summed E-state index contributed by atoms with van der Waals surface area (Å²) in [6.07, 6.45) is 5.91. The molecule has 1 aliphatic rings. The molecule has 20 heavy (non-hydrogen) atoms. The van der Waals surface area contributed by atoms with Gasteiger partial charge in [0, 0.05) is 25.1 Å². The van der Waals surface area contributed by atoms with Crippen molar-refractivity contribution in [2.75, 3.05) is 11.9 Å². The van der Waals surface area contributed by atoms with Crippen LogP contribution in [0.2, 0.25) is 0 Å². The molecule has 0 saturated heterocycles. The minimum absolute atomic E-state index is 0.495. The van der Waals surface area contributed by atoms with Crippen LogP contribution in [0.3, 0.4) is 0 Å². The molecular formula is C14H19N5O. The largest absolute Gasteiger partial charge is 0.436 e. The minimum Gasteiger partial charge on any atom is -0.436 e. The second-order valence-electron chi connectivity index (χ2n) is 4.89. The van der Waals surface area contributed by atoms with Crippen LogP contribution in [-0.4, -0.2) is 26.3 Å². The molecule has 6 nitrogen and oxygen atoms in total. The third kappa shape index (κ3) is 2.89. The highest BCUT2D eigenvalue weighted by Crippen LogP contribution is 2.39. The molecule has 0 aromatic carbocycles. The Hall–Kier alpha value is -2.11. The van der Waals surface area contributed by atoms with Gasteiger partial charge in [0.2, 0.25) is 5.88 Å². The molecule has 6 heteroatoms.